The van der Waals surface area contributed by atoms with Crippen molar-refractivity contribution in [2.24, 2.45) is 17.8 Å². The highest BCUT2D eigenvalue weighted by Gasteiger charge is 2.28. The lowest BCUT2D eigenvalue weighted by Crippen LogP contribution is -2.22. The summed E-state index contributed by atoms with van der Waals surface area (Å²) in [6.45, 7) is 5.91. The van der Waals surface area contributed by atoms with Gasteiger partial charge < -0.3 is 0 Å². The summed E-state index contributed by atoms with van der Waals surface area (Å²) >= 11 is 0. The van der Waals surface area contributed by atoms with E-state index in [-0.39, 0.29) is 11.4 Å². The molecule has 214 valence electrons. The minimum Gasteiger partial charge on any atom is -0.206 e. The summed E-state index contributed by atoms with van der Waals surface area (Å²) in [5.74, 6) is 0.367. The minimum atomic E-state index is -0.829. The maximum absolute atomic E-state index is 15.3. The molecule has 0 N–H and O–H groups in total. The van der Waals surface area contributed by atoms with Gasteiger partial charge in [0.1, 0.15) is 5.82 Å². The van der Waals surface area contributed by atoms with Crippen LogP contribution < -0.4 is 0 Å². The maximum Gasteiger partial charge on any atom is 0.166 e. The lowest BCUT2D eigenvalue weighted by molar-refractivity contribution is 0.212. The van der Waals surface area contributed by atoms with Crippen LogP contribution in [0, 0.1) is 35.2 Å². The molecule has 1 unspecified atom stereocenters. The van der Waals surface area contributed by atoms with E-state index in [1.165, 1.54) is 37.7 Å². The maximum atomic E-state index is 15.3. The lowest BCUT2D eigenvalue weighted by atomic mass is 9.71. The van der Waals surface area contributed by atoms with Crippen molar-refractivity contribution in [3.05, 3.63) is 114 Å². The number of halogens is 3. The molecule has 41 heavy (non-hydrogen) atoms. The molecule has 3 aromatic rings. The Kier molecular flexibility index (Phi) is 9.64. The molecule has 1 saturated carbocycles. The summed E-state index contributed by atoms with van der Waals surface area (Å²) in [6, 6.07) is 15.8. The Bertz CT molecular complexity index is 1400. The van der Waals surface area contributed by atoms with E-state index in [1.54, 1.807) is 42.5 Å². The smallest absolute Gasteiger partial charge is 0.166 e. The highest BCUT2D eigenvalue weighted by atomic mass is 19.2. The Balaban J connectivity index is 1.25. The molecule has 2 aliphatic rings. The summed E-state index contributed by atoms with van der Waals surface area (Å²) in [5.41, 5.74) is 4.61. The lowest BCUT2D eigenvalue weighted by Gasteiger charge is -2.34. The molecule has 0 aliphatic heterocycles. The van der Waals surface area contributed by atoms with Crippen LogP contribution in [0.15, 0.2) is 85.5 Å². The number of benzene rings is 3. The van der Waals surface area contributed by atoms with Crippen molar-refractivity contribution < 1.29 is 13.2 Å². The highest BCUT2D eigenvalue weighted by molar-refractivity contribution is 5.74. The molecule has 0 heterocycles. The zero-order valence-electron chi connectivity index (χ0n) is 24.1. The fourth-order valence-corrected chi connectivity index (χ4v) is 6.76. The normalized spacial score (nSPS) is 21.2. The fraction of sp³-hybridized carbons (Fsp3) is 0.368. The van der Waals surface area contributed by atoms with Crippen molar-refractivity contribution >= 4 is 5.57 Å². The first-order chi connectivity index (χ1) is 20.0. The molecule has 3 heteroatoms. The largest absolute Gasteiger partial charge is 0.206 e. The van der Waals surface area contributed by atoms with E-state index in [0.29, 0.717) is 34.6 Å². The monoisotopic (exact) mass is 554 g/mol. The molecule has 5 rings (SSSR count). The van der Waals surface area contributed by atoms with E-state index < -0.39 is 11.6 Å². The second-order valence-corrected chi connectivity index (χ2v) is 11.8. The van der Waals surface area contributed by atoms with Crippen LogP contribution in [0.3, 0.4) is 0 Å². The summed E-state index contributed by atoms with van der Waals surface area (Å²) < 4.78 is 45.0. The van der Waals surface area contributed by atoms with Crippen LogP contribution in [0.5, 0.6) is 0 Å². The van der Waals surface area contributed by atoms with Crippen LogP contribution in [-0.4, -0.2) is 0 Å². The van der Waals surface area contributed by atoms with E-state index in [4.69, 9.17) is 0 Å². The Morgan fingerprint density at radius 2 is 1.46 bits per heavy atom. The van der Waals surface area contributed by atoms with Crippen molar-refractivity contribution in [2.75, 3.05) is 0 Å². The molecule has 0 amide bonds. The first-order valence-electron chi connectivity index (χ1n) is 15.3. The second-order valence-electron chi connectivity index (χ2n) is 11.8. The van der Waals surface area contributed by atoms with Gasteiger partial charge in [0.15, 0.2) is 11.6 Å². The van der Waals surface area contributed by atoms with E-state index in [1.807, 2.05) is 31.2 Å². The number of aryl methyl sites for hydroxylation is 1. The van der Waals surface area contributed by atoms with E-state index in [0.717, 1.165) is 43.1 Å². The molecule has 0 nitrogen and oxygen atoms in total. The first kappa shape index (κ1) is 29.2. The number of rotatable bonds is 9. The summed E-state index contributed by atoms with van der Waals surface area (Å²) in [6.07, 6.45) is 18.9. The Morgan fingerprint density at radius 1 is 0.780 bits per heavy atom. The molecule has 2 aliphatic carbocycles. The van der Waals surface area contributed by atoms with Crippen LogP contribution in [-0.2, 0) is 6.42 Å². The number of allylic oxidation sites excluding steroid dienone is 5. The third-order valence-corrected chi connectivity index (χ3v) is 9.33. The molecule has 0 radical (unpaired) electrons. The van der Waals surface area contributed by atoms with E-state index >= 15 is 4.39 Å². The molecule has 0 bridgehead atoms. The molecule has 3 aromatic carbocycles. The van der Waals surface area contributed by atoms with Gasteiger partial charge in [-0.05, 0) is 123 Å². The first-order valence-corrected chi connectivity index (χ1v) is 15.3. The van der Waals surface area contributed by atoms with Crippen molar-refractivity contribution in [3.8, 4) is 22.3 Å². The van der Waals surface area contributed by atoms with Gasteiger partial charge in [0, 0.05) is 11.1 Å². The topological polar surface area (TPSA) is 0 Å². The predicted molar refractivity (Wildman–Crippen MR) is 166 cm³/mol. The average Bonchev–Trinajstić information content (AvgIpc) is 3.01. The van der Waals surface area contributed by atoms with Crippen LogP contribution in [0.25, 0.3) is 27.8 Å². The SMILES string of the molecule is C=CC1CCC(C2CC=C(c3ccc(-c4ccc(-c5ccc(CCC/C=C\C)c(F)c5F)cc4)c(F)c3)CC2)CC1. The van der Waals surface area contributed by atoms with Crippen LogP contribution >= 0.6 is 0 Å². The third kappa shape index (κ3) is 6.77. The third-order valence-electron chi connectivity index (χ3n) is 9.33. The van der Waals surface area contributed by atoms with Gasteiger partial charge >= 0.3 is 0 Å². The quantitative estimate of drug-likeness (QED) is 0.182. The zero-order valence-corrected chi connectivity index (χ0v) is 24.1. The van der Waals surface area contributed by atoms with Gasteiger partial charge in [-0.3, -0.25) is 0 Å². The molecule has 1 fully saturated rings. The Hall–Kier alpha value is -3.33. The molecule has 0 aromatic heterocycles. The highest BCUT2D eigenvalue weighted by Crippen LogP contribution is 2.42. The van der Waals surface area contributed by atoms with E-state index in [2.05, 4.69) is 18.7 Å². The van der Waals surface area contributed by atoms with Crippen LogP contribution in [0.2, 0.25) is 0 Å². The molecule has 0 spiro atoms. The minimum absolute atomic E-state index is 0.221. The summed E-state index contributed by atoms with van der Waals surface area (Å²) in [5, 5.41) is 0. The van der Waals surface area contributed by atoms with Crippen molar-refractivity contribution in [1.82, 2.24) is 0 Å². The van der Waals surface area contributed by atoms with Crippen molar-refractivity contribution in [1.29, 1.82) is 0 Å². The van der Waals surface area contributed by atoms with Crippen molar-refractivity contribution in [2.45, 2.75) is 71.1 Å². The zero-order chi connectivity index (χ0) is 28.8. The van der Waals surface area contributed by atoms with Crippen LogP contribution in [0.1, 0.15) is 75.8 Å². The second kappa shape index (κ2) is 13.6. The van der Waals surface area contributed by atoms with Gasteiger partial charge in [0.25, 0.3) is 0 Å². The Morgan fingerprint density at radius 3 is 2.10 bits per heavy atom. The molecular formula is C38H41F3. The molecular weight excluding hydrogens is 513 g/mol. The van der Waals surface area contributed by atoms with Gasteiger partial charge in [-0.1, -0.05) is 72.8 Å². The van der Waals surface area contributed by atoms with Gasteiger partial charge in [0.2, 0.25) is 0 Å². The van der Waals surface area contributed by atoms with Crippen LogP contribution in [0.4, 0.5) is 13.2 Å². The van der Waals surface area contributed by atoms with Crippen molar-refractivity contribution in [3.63, 3.8) is 0 Å². The summed E-state index contributed by atoms with van der Waals surface area (Å²) in [4.78, 5) is 0. The number of hydrogen-bond donors (Lipinski definition) is 0. The van der Waals surface area contributed by atoms with E-state index in [9.17, 15) is 8.78 Å². The predicted octanol–water partition coefficient (Wildman–Crippen LogP) is 11.5. The number of unbranched alkanes of at least 4 members (excludes halogenated alkanes) is 1. The average molecular weight is 555 g/mol. The molecule has 0 saturated heterocycles. The Labute approximate surface area is 243 Å². The fourth-order valence-electron chi connectivity index (χ4n) is 6.76. The molecule has 1 atom stereocenters. The summed E-state index contributed by atoms with van der Waals surface area (Å²) in [7, 11) is 0. The number of hydrogen-bond acceptors (Lipinski definition) is 0. The van der Waals surface area contributed by atoms with Gasteiger partial charge in [0.05, 0.1) is 0 Å². The standard InChI is InChI=1S/C38H41F3/c1-3-5-6-7-8-32-21-24-35(38(41)37(32)40)31-19-17-30(18-20-31)34-23-22-33(25-36(34)39)29-15-13-28(14-16-29)27-11-9-26(4-2)10-12-27/h3-5,15,17-28H,2,6-14,16H2,1H3/b5-3-. The van der Waals surface area contributed by atoms with Gasteiger partial charge in [-0.25, -0.2) is 13.2 Å². The van der Waals surface area contributed by atoms with Gasteiger partial charge in [-0.2, -0.15) is 0 Å². The van der Waals surface area contributed by atoms with Gasteiger partial charge in [-0.15, -0.1) is 6.58 Å².